The van der Waals surface area contributed by atoms with Crippen molar-refractivity contribution in [2.45, 2.75) is 44.6 Å². The molecule has 2 nitrogen and oxygen atoms in total. The maximum Gasteiger partial charge on any atom is 0.254 e. The summed E-state index contributed by atoms with van der Waals surface area (Å²) >= 11 is 5.89. The lowest BCUT2D eigenvalue weighted by Gasteiger charge is -2.44. The molecule has 19 heavy (non-hydrogen) atoms. The van der Waals surface area contributed by atoms with Crippen LogP contribution in [0.3, 0.4) is 0 Å². The van der Waals surface area contributed by atoms with Crippen LogP contribution in [0.4, 0.5) is 0 Å². The van der Waals surface area contributed by atoms with Crippen molar-refractivity contribution in [3.8, 4) is 0 Å². The molecule has 1 aliphatic carbocycles. The van der Waals surface area contributed by atoms with E-state index >= 15 is 0 Å². The van der Waals surface area contributed by atoms with E-state index in [4.69, 9.17) is 11.6 Å². The summed E-state index contributed by atoms with van der Waals surface area (Å²) in [5.41, 5.74) is 0.774. The molecule has 102 valence electrons. The van der Waals surface area contributed by atoms with E-state index in [2.05, 4.69) is 4.90 Å². The van der Waals surface area contributed by atoms with Gasteiger partial charge >= 0.3 is 0 Å². The number of hydrogen-bond acceptors (Lipinski definition) is 1. The lowest BCUT2D eigenvalue weighted by atomic mass is 9.78. The minimum atomic E-state index is 0.188. The van der Waals surface area contributed by atoms with E-state index in [1.165, 1.54) is 32.1 Å². The van der Waals surface area contributed by atoms with Crippen LogP contribution in [0.2, 0.25) is 5.02 Å². The summed E-state index contributed by atoms with van der Waals surface area (Å²) < 4.78 is 0. The Hall–Kier alpha value is -1.02. The van der Waals surface area contributed by atoms with Gasteiger partial charge in [-0.1, -0.05) is 24.4 Å². The normalized spacial score (nSPS) is 26.9. The molecule has 1 heterocycles. The number of rotatable bonds is 1. The standard InChI is InChI=1S/C16H20ClNO/c17-14-9-7-13(8-10-14)16(19)18-11-3-5-12-4-1-2-6-15(12)18/h7-10,12,15H,1-6,11H2/t12-,15-/m1/s1. The Kier molecular flexibility index (Phi) is 3.79. The summed E-state index contributed by atoms with van der Waals surface area (Å²) in [6.45, 7) is 0.919. The highest BCUT2D eigenvalue weighted by molar-refractivity contribution is 6.30. The van der Waals surface area contributed by atoms with Gasteiger partial charge in [0.15, 0.2) is 0 Å². The summed E-state index contributed by atoms with van der Waals surface area (Å²) in [6.07, 6.45) is 7.55. The monoisotopic (exact) mass is 277 g/mol. The minimum Gasteiger partial charge on any atom is -0.335 e. The third-order valence-corrected chi connectivity index (χ3v) is 4.85. The first-order valence-corrected chi connectivity index (χ1v) is 7.70. The van der Waals surface area contributed by atoms with Crippen LogP contribution in [-0.4, -0.2) is 23.4 Å². The van der Waals surface area contributed by atoms with Gasteiger partial charge in [0, 0.05) is 23.2 Å². The number of likely N-dealkylation sites (tertiary alicyclic amines) is 1. The summed E-state index contributed by atoms with van der Waals surface area (Å²) in [5.74, 6) is 0.923. The summed E-state index contributed by atoms with van der Waals surface area (Å²) in [6, 6.07) is 7.77. The van der Waals surface area contributed by atoms with Gasteiger partial charge in [0.05, 0.1) is 0 Å². The smallest absolute Gasteiger partial charge is 0.254 e. The highest BCUT2D eigenvalue weighted by Crippen LogP contribution is 2.35. The molecule has 0 unspecified atom stereocenters. The van der Waals surface area contributed by atoms with Gasteiger partial charge in [-0.3, -0.25) is 4.79 Å². The van der Waals surface area contributed by atoms with Crippen molar-refractivity contribution in [3.63, 3.8) is 0 Å². The van der Waals surface area contributed by atoms with Gasteiger partial charge in [0.2, 0.25) is 0 Å². The number of carbonyl (C=O) groups is 1. The maximum absolute atomic E-state index is 12.6. The fourth-order valence-electron chi connectivity index (χ4n) is 3.64. The van der Waals surface area contributed by atoms with Crippen LogP contribution in [-0.2, 0) is 0 Å². The highest BCUT2D eigenvalue weighted by atomic mass is 35.5. The third-order valence-electron chi connectivity index (χ3n) is 4.60. The SMILES string of the molecule is O=C(c1ccc(Cl)cc1)N1CCC[C@H]2CCCC[C@H]21. The topological polar surface area (TPSA) is 20.3 Å². The summed E-state index contributed by atoms with van der Waals surface area (Å²) in [5, 5.41) is 0.686. The van der Waals surface area contributed by atoms with E-state index < -0.39 is 0 Å². The van der Waals surface area contributed by atoms with Crippen molar-refractivity contribution in [1.82, 2.24) is 4.90 Å². The molecule has 0 radical (unpaired) electrons. The highest BCUT2D eigenvalue weighted by Gasteiger charge is 2.35. The Morgan fingerprint density at radius 1 is 1.05 bits per heavy atom. The van der Waals surface area contributed by atoms with E-state index in [0.29, 0.717) is 11.1 Å². The Balaban J connectivity index is 1.79. The second-order valence-electron chi connectivity index (χ2n) is 5.76. The fourth-order valence-corrected chi connectivity index (χ4v) is 3.76. The first-order valence-electron chi connectivity index (χ1n) is 7.32. The van der Waals surface area contributed by atoms with Crippen LogP contribution in [0.1, 0.15) is 48.9 Å². The first-order chi connectivity index (χ1) is 9.25. The van der Waals surface area contributed by atoms with Crippen molar-refractivity contribution in [2.24, 2.45) is 5.92 Å². The second kappa shape index (κ2) is 5.54. The van der Waals surface area contributed by atoms with E-state index in [-0.39, 0.29) is 5.91 Å². The molecule has 0 spiro atoms. The van der Waals surface area contributed by atoms with Gasteiger partial charge in [0.1, 0.15) is 0 Å². The quantitative estimate of drug-likeness (QED) is 0.756. The van der Waals surface area contributed by atoms with Crippen molar-refractivity contribution in [1.29, 1.82) is 0 Å². The number of piperidine rings is 1. The predicted octanol–water partition coefficient (Wildman–Crippen LogP) is 4.13. The molecule has 3 rings (SSSR count). The molecule has 0 bridgehead atoms. The molecule has 1 saturated carbocycles. The molecule has 3 heteroatoms. The van der Waals surface area contributed by atoms with Gasteiger partial charge in [-0.15, -0.1) is 0 Å². The molecule has 2 aliphatic rings. The van der Waals surface area contributed by atoms with Gasteiger partial charge in [-0.25, -0.2) is 0 Å². The first kappa shape index (κ1) is 13.0. The Labute approximate surface area is 119 Å². The Bertz CT molecular complexity index is 454. The molecule has 1 aromatic carbocycles. The fraction of sp³-hybridized carbons (Fsp3) is 0.562. The van der Waals surface area contributed by atoms with Crippen LogP contribution in [0.15, 0.2) is 24.3 Å². The average Bonchev–Trinajstić information content (AvgIpc) is 2.47. The van der Waals surface area contributed by atoms with Gasteiger partial charge < -0.3 is 4.90 Å². The van der Waals surface area contributed by atoms with Crippen molar-refractivity contribution >= 4 is 17.5 Å². The zero-order chi connectivity index (χ0) is 13.2. The van der Waals surface area contributed by atoms with E-state index in [9.17, 15) is 4.79 Å². The largest absolute Gasteiger partial charge is 0.335 e. The molecule has 1 saturated heterocycles. The van der Waals surface area contributed by atoms with Crippen molar-refractivity contribution in [2.75, 3.05) is 6.54 Å². The van der Waals surface area contributed by atoms with Crippen molar-refractivity contribution in [3.05, 3.63) is 34.9 Å². The predicted molar refractivity (Wildman–Crippen MR) is 77.5 cm³/mol. The van der Waals surface area contributed by atoms with Crippen LogP contribution in [0.5, 0.6) is 0 Å². The number of nitrogens with zero attached hydrogens (tertiary/aromatic N) is 1. The van der Waals surface area contributed by atoms with Crippen LogP contribution < -0.4 is 0 Å². The van der Waals surface area contributed by atoms with Gasteiger partial charge in [0.25, 0.3) is 5.91 Å². The van der Waals surface area contributed by atoms with Crippen molar-refractivity contribution < 1.29 is 4.79 Å². The lowest BCUT2D eigenvalue weighted by Crippen LogP contribution is -2.49. The molecule has 2 atom stereocenters. The Morgan fingerprint density at radius 2 is 1.74 bits per heavy atom. The minimum absolute atomic E-state index is 0.188. The van der Waals surface area contributed by atoms with E-state index in [0.717, 1.165) is 24.4 Å². The summed E-state index contributed by atoms with van der Waals surface area (Å²) in [4.78, 5) is 14.8. The molecule has 2 fully saturated rings. The molecule has 1 aliphatic heterocycles. The van der Waals surface area contributed by atoms with E-state index in [1.54, 1.807) is 12.1 Å². The summed E-state index contributed by atoms with van der Waals surface area (Å²) in [7, 11) is 0. The van der Waals surface area contributed by atoms with Gasteiger partial charge in [-0.05, 0) is 55.9 Å². The van der Waals surface area contributed by atoms with Crippen LogP contribution in [0, 0.1) is 5.92 Å². The molecular formula is C16H20ClNO. The molecule has 0 aromatic heterocycles. The molecular weight excluding hydrogens is 258 g/mol. The zero-order valence-electron chi connectivity index (χ0n) is 11.1. The zero-order valence-corrected chi connectivity index (χ0v) is 11.9. The third kappa shape index (κ3) is 2.64. The molecule has 1 aromatic rings. The Morgan fingerprint density at radius 3 is 2.53 bits per heavy atom. The second-order valence-corrected chi connectivity index (χ2v) is 6.20. The average molecular weight is 278 g/mol. The van der Waals surface area contributed by atoms with Gasteiger partial charge in [-0.2, -0.15) is 0 Å². The molecule has 1 amide bonds. The number of hydrogen-bond donors (Lipinski definition) is 0. The molecule has 0 N–H and O–H groups in total. The van der Waals surface area contributed by atoms with Crippen LogP contribution >= 0.6 is 11.6 Å². The number of halogens is 1. The number of amides is 1. The lowest BCUT2D eigenvalue weighted by molar-refractivity contribution is 0.0390. The van der Waals surface area contributed by atoms with Crippen LogP contribution in [0.25, 0.3) is 0 Å². The maximum atomic E-state index is 12.6. The number of fused-ring (bicyclic) bond motifs is 1. The number of benzene rings is 1. The van der Waals surface area contributed by atoms with E-state index in [1.807, 2.05) is 12.1 Å². The number of carbonyl (C=O) groups excluding carboxylic acids is 1.